The highest BCUT2D eigenvalue weighted by molar-refractivity contribution is 7.99. The van der Waals surface area contributed by atoms with Gasteiger partial charge < -0.3 is 15.4 Å². The van der Waals surface area contributed by atoms with Crippen molar-refractivity contribution in [2.24, 2.45) is 0 Å². The lowest BCUT2D eigenvalue weighted by Gasteiger charge is -2.17. The summed E-state index contributed by atoms with van der Waals surface area (Å²) < 4.78 is 5.10. The molecular weight excluding hydrogens is 314 g/mol. The lowest BCUT2D eigenvalue weighted by molar-refractivity contribution is -0.122. The van der Waals surface area contributed by atoms with Crippen molar-refractivity contribution < 1.29 is 14.3 Å². The summed E-state index contributed by atoms with van der Waals surface area (Å²) >= 11 is 1.45. The fourth-order valence-corrected chi connectivity index (χ4v) is 2.38. The molecule has 0 aliphatic heterocycles. The second-order valence-corrected chi connectivity index (χ2v) is 5.54. The van der Waals surface area contributed by atoms with E-state index in [4.69, 9.17) is 10.00 Å². The molecule has 0 spiro atoms. The van der Waals surface area contributed by atoms with Crippen LogP contribution in [0.25, 0.3) is 0 Å². The maximum absolute atomic E-state index is 11.9. The number of amides is 2. The average Bonchev–Trinajstić information content (AvgIpc) is 2.58. The highest BCUT2D eigenvalue weighted by Gasteiger charge is 2.21. The van der Waals surface area contributed by atoms with Gasteiger partial charge in [-0.1, -0.05) is 36.4 Å². The minimum atomic E-state index is -0.767. The number of carbonyl (C=O) groups is 2. The van der Waals surface area contributed by atoms with E-state index in [0.29, 0.717) is 11.5 Å². The third-order valence-corrected chi connectivity index (χ3v) is 3.72. The van der Waals surface area contributed by atoms with Crippen molar-refractivity contribution in [2.75, 3.05) is 18.1 Å². The van der Waals surface area contributed by atoms with Gasteiger partial charge in [0.2, 0.25) is 5.91 Å². The summed E-state index contributed by atoms with van der Waals surface area (Å²) in [6.45, 7) is 3.61. The summed E-state index contributed by atoms with van der Waals surface area (Å²) in [7, 11) is 0. The van der Waals surface area contributed by atoms with Crippen LogP contribution in [0, 0.1) is 11.3 Å². The van der Waals surface area contributed by atoms with Crippen LogP contribution in [0.15, 0.2) is 43.0 Å². The van der Waals surface area contributed by atoms with Gasteiger partial charge in [-0.3, -0.25) is 4.79 Å². The summed E-state index contributed by atoms with van der Waals surface area (Å²) in [6, 6.07) is 10.3. The van der Waals surface area contributed by atoms with E-state index < -0.39 is 18.0 Å². The number of nitrogens with one attached hydrogen (secondary N) is 2. The van der Waals surface area contributed by atoms with E-state index in [1.165, 1.54) is 11.8 Å². The second-order valence-electron chi connectivity index (χ2n) is 4.46. The van der Waals surface area contributed by atoms with E-state index in [0.717, 1.165) is 5.56 Å². The first-order chi connectivity index (χ1) is 11.2. The molecule has 0 aromatic heterocycles. The van der Waals surface area contributed by atoms with E-state index in [1.54, 1.807) is 6.08 Å². The van der Waals surface area contributed by atoms with Crippen molar-refractivity contribution in [3.05, 3.63) is 48.6 Å². The molecule has 7 heteroatoms. The van der Waals surface area contributed by atoms with Gasteiger partial charge in [0.1, 0.15) is 19.2 Å². The van der Waals surface area contributed by atoms with Crippen molar-refractivity contribution in [1.29, 1.82) is 5.26 Å². The zero-order valence-corrected chi connectivity index (χ0v) is 13.5. The largest absolute Gasteiger partial charge is 0.445 e. The summed E-state index contributed by atoms with van der Waals surface area (Å²) in [5, 5.41) is 13.5. The summed E-state index contributed by atoms with van der Waals surface area (Å²) in [6.07, 6.45) is 1.04. The minimum Gasteiger partial charge on any atom is -0.445 e. The molecule has 0 fully saturated rings. The number of thioether (sulfide) groups is 1. The van der Waals surface area contributed by atoms with Gasteiger partial charge in [-0.15, -0.1) is 6.58 Å². The molecule has 0 heterocycles. The van der Waals surface area contributed by atoms with Crippen LogP contribution in [0.3, 0.4) is 0 Å². The molecule has 23 heavy (non-hydrogen) atoms. The first-order valence-corrected chi connectivity index (χ1v) is 8.13. The van der Waals surface area contributed by atoms with Crippen molar-refractivity contribution in [3.8, 4) is 6.07 Å². The quantitative estimate of drug-likeness (QED) is 0.409. The SMILES string of the molecule is C=CCSC[C@H](NC(=O)OCc1ccccc1)C(=O)NCC#N. The normalized spacial score (nSPS) is 10.9. The van der Waals surface area contributed by atoms with E-state index in [9.17, 15) is 9.59 Å². The highest BCUT2D eigenvalue weighted by Crippen LogP contribution is 2.05. The van der Waals surface area contributed by atoms with Crippen molar-refractivity contribution in [2.45, 2.75) is 12.6 Å². The maximum atomic E-state index is 11.9. The van der Waals surface area contributed by atoms with Gasteiger partial charge in [0.15, 0.2) is 0 Å². The molecule has 1 aromatic carbocycles. The smallest absolute Gasteiger partial charge is 0.408 e. The van der Waals surface area contributed by atoms with E-state index in [-0.39, 0.29) is 13.2 Å². The maximum Gasteiger partial charge on any atom is 0.408 e. The summed E-state index contributed by atoms with van der Waals surface area (Å²) in [4.78, 5) is 23.8. The molecule has 0 unspecified atom stereocenters. The third-order valence-electron chi connectivity index (χ3n) is 2.68. The molecule has 122 valence electrons. The van der Waals surface area contributed by atoms with Gasteiger partial charge in [0, 0.05) is 11.5 Å². The van der Waals surface area contributed by atoms with Crippen LogP contribution in [0.2, 0.25) is 0 Å². The van der Waals surface area contributed by atoms with Crippen LogP contribution in [0.4, 0.5) is 4.79 Å². The number of benzene rings is 1. The molecule has 0 bridgehead atoms. The van der Waals surface area contributed by atoms with Crippen LogP contribution >= 0.6 is 11.8 Å². The van der Waals surface area contributed by atoms with E-state index in [2.05, 4.69) is 17.2 Å². The van der Waals surface area contributed by atoms with Crippen LogP contribution in [0.5, 0.6) is 0 Å². The van der Waals surface area contributed by atoms with Gasteiger partial charge in [0.05, 0.1) is 6.07 Å². The molecule has 0 aliphatic rings. The Morgan fingerprint density at radius 2 is 2.13 bits per heavy atom. The Hall–Kier alpha value is -2.46. The average molecular weight is 333 g/mol. The third kappa shape index (κ3) is 7.93. The number of nitrogens with zero attached hydrogens (tertiary/aromatic N) is 1. The molecule has 0 saturated heterocycles. The molecule has 0 aliphatic carbocycles. The molecule has 6 nitrogen and oxygen atoms in total. The van der Waals surface area contributed by atoms with Crippen molar-refractivity contribution in [1.82, 2.24) is 10.6 Å². The van der Waals surface area contributed by atoms with Crippen LogP contribution in [-0.2, 0) is 16.1 Å². The monoisotopic (exact) mass is 333 g/mol. The lowest BCUT2D eigenvalue weighted by atomic mass is 10.2. The zero-order valence-electron chi connectivity index (χ0n) is 12.7. The first-order valence-electron chi connectivity index (χ1n) is 6.98. The summed E-state index contributed by atoms with van der Waals surface area (Å²) in [5.74, 6) is 0.603. The van der Waals surface area contributed by atoms with Gasteiger partial charge >= 0.3 is 6.09 Å². The Morgan fingerprint density at radius 1 is 1.39 bits per heavy atom. The van der Waals surface area contributed by atoms with E-state index in [1.807, 2.05) is 36.4 Å². The van der Waals surface area contributed by atoms with Crippen LogP contribution in [-0.4, -0.2) is 36.1 Å². The number of hydrogen-bond donors (Lipinski definition) is 2. The zero-order chi connectivity index (χ0) is 16.9. The van der Waals surface area contributed by atoms with Gasteiger partial charge in [-0.2, -0.15) is 17.0 Å². The Bertz CT molecular complexity index is 557. The van der Waals surface area contributed by atoms with E-state index >= 15 is 0 Å². The predicted octanol–water partition coefficient (Wildman–Crippen LogP) is 1.84. The van der Waals surface area contributed by atoms with Crippen LogP contribution in [0.1, 0.15) is 5.56 Å². The standard InChI is InChI=1S/C16H19N3O3S/c1-2-10-23-12-14(15(20)18-9-8-17)19-16(21)22-11-13-6-4-3-5-7-13/h2-7,14H,1,9-12H2,(H,18,20)(H,19,21)/t14-/m0/s1. The molecule has 1 rings (SSSR count). The van der Waals surface area contributed by atoms with Crippen molar-refractivity contribution in [3.63, 3.8) is 0 Å². The fourth-order valence-electron chi connectivity index (χ4n) is 1.61. The van der Waals surface area contributed by atoms with Crippen LogP contribution < -0.4 is 10.6 Å². The molecule has 0 saturated carbocycles. The van der Waals surface area contributed by atoms with Gasteiger partial charge in [-0.05, 0) is 5.56 Å². The predicted molar refractivity (Wildman–Crippen MR) is 89.7 cm³/mol. The number of rotatable bonds is 9. The Kier molecular flexibility index (Phi) is 9.01. The molecule has 2 amide bonds. The van der Waals surface area contributed by atoms with Crippen molar-refractivity contribution >= 4 is 23.8 Å². The Labute approximate surface area is 139 Å². The highest BCUT2D eigenvalue weighted by atomic mass is 32.2. The minimum absolute atomic E-state index is 0.109. The number of hydrogen-bond acceptors (Lipinski definition) is 5. The summed E-state index contributed by atoms with van der Waals surface area (Å²) in [5.41, 5.74) is 0.856. The molecular formula is C16H19N3O3S. The topological polar surface area (TPSA) is 91.2 Å². The fraction of sp³-hybridized carbons (Fsp3) is 0.312. The number of nitriles is 1. The molecule has 0 radical (unpaired) electrons. The molecule has 2 N–H and O–H groups in total. The van der Waals surface area contributed by atoms with Gasteiger partial charge in [0.25, 0.3) is 0 Å². The second kappa shape index (κ2) is 11.2. The Balaban J connectivity index is 2.49. The molecule has 1 aromatic rings. The Morgan fingerprint density at radius 3 is 2.78 bits per heavy atom. The van der Waals surface area contributed by atoms with Gasteiger partial charge in [-0.25, -0.2) is 4.79 Å². The number of ether oxygens (including phenoxy) is 1. The first kappa shape index (κ1) is 18.6. The number of alkyl carbamates (subject to hydrolysis) is 1. The number of carbonyl (C=O) groups excluding carboxylic acids is 2. The molecule has 1 atom stereocenters. The lowest BCUT2D eigenvalue weighted by Crippen LogP contribution is -2.48.